The fourth-order valence-electron chi connectivity index (χ4n) is 3.19. The van der Waals surface area contributed by atoms with Crippen molar-refractivity contribution < 1.29 is 15.0 Å². The van der Waals surface area contributed by atoms with E-state index in [-0.39, 0.29) is 16.9 Å². The summed E-state index contributed by atoms with van der Waals surface area (Å²) in [6.45, 7) is 1.48. The molecule has 0 spiro atoms. The van der Waals surface area contributed by atoms with Gasteiger partial charge in [-0.1, -0.05) is 24.3 Å². The third-order valence-corrected chi connectivity index (χ3v) is 4.47. The van der Waals surface area contributed by atoms with Gasteiger partial charge in [-0.2, -0.15) is 5.10 Å². The summed E-state index contributed by atoms with van der Waals surface area (Å²) < 4.78 is 1.26. The molecule has 0 aliphatic heterocycles. The van der Waals surface area contributed by atoms with Gasteiger partial charge >= 0.3 is 0 Å². The lowest BCUT2D eigenvalue weighted by Crippen LogP contribution is -2.47. The summed E-state index contributed by atoms with van der Waals surface area (Å²) in [5.41, 5.74) is 5.62. The summed E-state index contributed by atoms with van der Waals surface area (Å²) in [5.74, 6) is -0.748. The number of carbonyl (C=O) groups is 1. The number of anilines is 1. The van der Waals surface area contributed by atoms with Crippen molar-refractivity contribution in [2.75, 3.05) is 5.73 Å². The number of benzene rings is 2. The summed E-state index contributed by atoms with van der Waals surface area (Å²) in [6, 6.07) is 11.9. The molecule has 4 rings (SSSR count). The van der Waals surface area contributed by atoms with E-state index in [9.17, 15) is 15.0 Å². The van der Waals surface area contributed by atoms with Crippen LogP contribution in [0.4, 0.5) is 5.69 Å². The fraction of sp³-hybridized carbons (Fsp3) is 0.111. The van der Waals surface area contributed by atoms with Crippen LogP contribution in [0.15, 0.2) is 54.2 Å². The first-order chi connectivity index (χ1) is 11.4. The van der Waals surface area contributed by atoms with Gasteiger partial charge in [-0.15, -0.1) is 0 Å². The number of nitrogens with zero attached hydrogens (tertiary/aromatic N) is 2. The Balaban J connectivity index is 2.09. The van der Waals surface area contributed by atoms with E-state index < -0.39 is 11.5 Å². The van der Waals surface area contributed by atoms with E-state index in [2.05, 4.69) is 5.10 Å². The number of Topliss-reactive ketones (excluding diaryl/α,β-unsaturated/α-hetero) is 1. The normalized spacial score (nSPS) is 20.5. The molecule has 24 heavy (non-hydrogen) atoms. The SMILES string of the molecule is CC1=C(O)c2ccccc2[C@](O)(n2ncc3ccc(N)cc32)C1=O. The number of nitrogens with two attached hydrogens (primary N) is 1. The number of hydrogen-bond donors (Lipinski definition) is 3. The summed E-state index contributed by atoms with van der Waals surface area (Å²) in [5, 5.41) is 26.7. The Morgan fingerprint density at radius 3 is 2.75 bits per heavy atom. The van der Waals surface area contributed by atoms with Crippen LogP contribution >= 0.6 is 0 Å². The molecule has 1 aromatic heterocycles. The molecular formula is C18H15N3O3. The minimum absolute atomic E-state index is 0.0868. The molecule has 6 nitrogen and oxygen atoms in total. The Hall–Kier alpha value is -3.12. The van der Waals surface area contributed by atoms with E-state index in [4.69, 9.17) is 5.73 Å². The molecule has 1 aliphatic rings. The number of aliphatic hydroxyl groups excluding tert-OH is 1. The molecule has 6 heteroatoms. The lowest BCUT2D eigenvalue weighted by molar-refractivity contribution is -0.138. The highest BCUT2D eigenvalue weighted by Crippen LogP contribution is 2.40. The number of fused-ring (bicyclic) bond motifs is 2. The van der Waals surface area contributed by atoms with Gasteiger partial charge in [0, 0.05) is 27.8 Å². The molecule has 0 radical (unpaired) electrons. The van der Waals surface area contributed by atoms with Crippen LogP contribution in [-0.2, 0) is 10.5 Å². The number of aliphatic hydroxyl groups is 2. The van der Waals surface area contributed by atoms with Crippen molar-refractivity contribution in [3.8, 4) is 0 Å². The van der Waals surface area contributed by atoms with Crippen LogP contribution in [0, 0.1) is 0 Å². The molecule has 120 valence electrons. The van der Waals surface area contributed by atoms with E-state index >= 15 is 0 Å². The third kappa shape index (κ3) is 1.68. The monoisotopic (exact) mass is 321 g/mol. The van der Waals surface area contributed by atoms with Gasteiger partial charge in [0.25, 0.3) is 0 Å². The lowest BCUT2D eigenvalue weighted by atomic mass is 9.83. The zero-order valence-electron chi connectivity index (χ0n) is 12.9. The van der Waals surface area contributed by atoms with E-state index in [1.54, 1.807) is 48.7 Å². The molecule has 0 saturated carbocycles. The van der Waals surface area contributed by atoms with E-state index in [0.29, 0.717) is 16.8 Å². The Morgan fingerprint density at radius 1 is 1.21 bits per heavy atom. The molecule has 1 heterocycles. The Morgan fingerprint density at radius 2 is 1.96 bits per heavy atom. The molecule has 0 fully saturated rings. The molecule has 1 atom stereocenters. The summed E-state index contributed by atoms with van der Waals surface area (Å²) >= 11 is 0. The zero-order chi connectivity index (χ0) is 17.1. The van der Waals surface area contributed by atoms with Gasteiger partial charge in [0.15, 0.2) is 0 Å². The van der Waals surface area contributed by atoms with Crippen molar-refractivity contribution in [1.82, 2.24) is 9.78 Å². The molecule has 0 saturated heterocycles. The maximum absolute atomic E-state index is 12.9. The number of carbonyl (C=O) groups excluding carboxylic acids is 1. The molecular weight excluding hydrogens is 306 g/mol. The van der Waals surface area contributed by atoms with Crippen LogP contribution in [0.3, 0.4) is 0 Å². The Kier molecular flexibility index (Phi) is 2.83. The van der Waals surface area contributed by atoms with Crippen molar-refractivity contribution in [2.24, 2.45) is 0 Å². The smallest absolute Gasteiger partial charge is 0.249 e. The Bertz CT molecular complexity index is 1030. The van der Waals surface area contributed by atoms with Crippen LogP contribution < -0.4 is 5.73 Å². The molecule has 1 aliphatic carbocycles. The third-order valence-electron chi connectivity index (χ3n) is 4.47. The van der Waals surface area contributed by atoms with Crippen molar-refractivity contribution in [2.45, 2.75) is 12.6 Å². The molecule has 0 bridgehead atoms. The first kappa shape index (κ1) is 14.5. The van der Waals surface area contributed by atoms with Gasteiger partial charge in [0.2, 0.25) is 11.5 Å². The van der Waals surface area contributed by atoms with E-state index in [1.807, 2.05) is 0 Å². The van der Waals surface area contributed by atoms with Crippen LogP contribution in [0.5, 0.6) is 0 Å². The summed E-state index contributed by atoms with van der Waals surface area (Å²) in [4.78, 5) is 12.9. The van der Waals surface area contributed by atoms with Crippen LogP contribution in [0.2, 0.25) is 0 Å². The maximum atomic E-state index is 12.9. The predicted octanol–water partition coefficient (Wildman–Crippen LogP) is 2.18. The summed E-state index contributed by atoms with van der Waals surface area (Å²) in [6.07, 6.45) is 1.57. The lowest BCUT2D eigenvalue weighted by Gasteiger charge is -2.33. The van der Waals surface area contributed by atoms with Gasteiger partial charge in [0.05, 0.1) is 11.7 Å². The van der Waals surface area contributed by atoms with E-state index in [1.165, 1.54) is 11.6 Å². The topological polar surface area (TPSA) is 101 Å². The second-order valence-corrected chi connectivity index (χ2v) is 5.90. The number of aromatic nitrogens is 2. The van der Waals surface area contributed by atoms with Crippen molar-refractivity contribution in [1.29, 1.82) is 0 Å². The number of rotatable bonds is 1. The highest BCUT2D eigenvalue weighted by molar-refractivity contribution is 6.10. The van der Waals surface area contributed by atoms with E-state index in [0.717, 1.165) is 5.39 Å². The molecule has 0 unspecified atom stereocenters. The van der Waals surface area contributed by atoms with Crippen molar-refractivity contribution in [3.05, 3.63) is 65.4 Å². The molecule has 3 aromatic rings. The Labute approximate surface area is 137 Å². The number of ketones is 1. The van der Waals surface area contributed by atoms with Crippen LogP contribution in [0.25, 0.3) is 16.7 Å². The van der Waals surface area contributed by atoms with Gasteiger partial charge < -0.3 is 15.9 Å². The predicted molar refractivity (Wildman–Crippen MR) is 90.1 cm³/mol. The van der Waals surface area contributed by atoms with Crippen molar-refractivity contribution >= 4 is 28.1 Å². The maximum Gasteiger partial charge on any atom is 0.249 e. The van der Waals surface area contributed by atoms with Crippen LogP contribution in [-0.4, -0.2) is 25.8 Å². The van der Waals surface area contributed by atoms with Crippen LogP contribution in [0.1, 0.15) is 18.1 Å². The van der Waals surface area contributed by atoms with Crippen molar-refractivity contribution in [3.63, 3.8) is 0 Å². The second kappa shape index (κ2) is 4.69. The number of hydrogen-bond acceptors (Lipinski definition) is 5. The standard InChI is InChI=1S/C18H15N3O3/c1-10-16(22)13-4-2-3-5-14(13)18(24,17(10)23)21-15-8-12(19)7-6-11(15)9-20-21/h2-9,22,24H,19H2,1H3/t18-/m1/s1. The number of nitrogen functional groups attached to an aromatic ring is 1. The first-order valence-corrected chi connectivity index (χ1v) is 7.45. The average molecular weight is 321 g/mol. The summed E-state index contributed by atoms with van der Waals surface area (Å²) in [7, 11) is 0. The average Bonchev–Trinajstić information content (AvgIpc) is 3.01. The quantitative estimate of drug-likeness (QED) is 0.596. The van der Waals surface area contributed by atoms with Gasteiger partial charge in [-0.05, 0) is 25.1 Å². The molecule has 0 amide bonds. The van der Waals surface area contributed by atoms with Gasteiger partial charge in [0.1, 0.15) is 5.76 Å². The zero-order valence-corrected chi connectivity index (χ0v) is 12.9. The van der Waals surface area contributed by atoms with Gasteiger partial charge in [-0.3, -0.25) is 4.79 Å². The molecule has 4 N–H and O–H groups in total. The highest BCUT2D eigenvalue weighted by atomic mass is 16.3. The molecule has 2 aromatic carbocycles. The minimum atomic E-state index is -2.04. The highest BCUT2D eigenvalue weighted by Gasteiger charge is 2.48. The minimum Gasteiger partial charge on any atom is -0.507 e. The second-order valence-electron chi connectivity index (χ2n) is 5.90. The first-order valence-electron chi connectivity index (χ1n) is 7.45. The largest absolute Gasteiger partial charge is 0.507 e. The fourth-order valence-corrected chi connectivity index (χ4v) is 3.19. The van der Waals surface area contributed by atoms with Gasteiger partial charge in [-0.25, -0.2) is 4.68 Å².